The molecule has 0 radical (unpaired) electrons. The molecule has 144 valence electrons. The molecule has 1 aromatic heterocycles. The molecule has 0 fully saturated rings. The fourth-order valence-corrected chi connectivity index (χ4v) is 3.48. The van der Waals surface area contributed by atoms with E-state index in [1.165, 1.54) is 24.9 Å². The third-order valence-electron chi connectivity index (χ3n) is 3.79. The summed E-state index contributed by atoms with van der Waals surface area (Å²) in [6.07, 6.45) is 1.50. The van der Waals surface area contributed by atoms with Gasteiger partial charge < -0.3 is 9.47 Å². The molecule has 1 heterocycles. The first-order valence-electron chi connectivity index (χ1n) is 8.09. The van der Waals surface area contributed by atoms with Gasteiger partial charge in [0.05, 0.1) is 28.7 Å². The second kappa shape index (κ2) is 8.24. The Hall–Kier alpha value is -2.52. The van der Waals surface area contributed by atoms with Crippen LogP contribution in [-0.2, 0) is 4.79 Å². The first-order valence-corrected chi connectivity index (χ1v) is 9.68. The van der Waals surface area contributed by atoms with E-state index in [1.807, 2.05) is 6.07 Å². The summed E-state index contributed by atoms with van der Waals surface area (Å²) >= 11 is 6.72. The number of carbonyl (C=O) groups is 1. The minimum absolute atomic E-state index is 0.275. The molecule has 0 N–H and O–H groups in total. The van der Waals surface area contributed by atoms with Gasteiger partial charge in [-0.25, -0.2) is 4.98 Å². The van der Waals surface area contributed by atoms with Gasteiger partial charge in [0, 0.05) is 11.4 Å². The topological polar surface area (TPSA) is 82.8 Å². The van der Waals surface area contributed by atoms with Gasteiger partial charge in [0.15, 0.2) is 11.5 Å². The summed E-state index contributed by atoms with van der Waals surface area (Å²) in [4.78, 5) is 28.5. The van der Waals surface area contributed by atoms with Crippen molar-refractivity contribution in [1.82, 2.24) is 9.66 Å². The Morgan fingerprint density at radius 1 is 1.25 bits per heavy atom. The lowest BCUT2D eigenvalue weighted by Gasteiger charge is -2.11. The highest BCUT2D eigenvalue weighted by Crippen LogP contribution is 2.36. The van der Waals surface area contributed by atoms with Gasteiger partial charge >= 0.3 is 5.97 Å². The Labute approximate surface area is 177 Å². The van der Waals surface area contributed by atoms with E-state index in [1.54, 1.807) is 31.2 Å². The van der Waals surface area contributed by atoms with Gasteiger partial charge in [-0.3, -0.25) is 9.59 Å². The highest BCUT2D eigenvalue weighted by Gasteiger charge is 2.13. The van der Waals surface area contributed by atoms with E-state index in [-0.39, 0.29) is 11.3 Å². The highest BCUT2D eigenvalue weighted by atomic mass is 79.9. The molecular formula is C19H15Br2N3O4. The number of aromatic nitrogens is 2. The van der Waals surface area contributed by atoms with E-state index in [0.29, 0.717) is 32.5 Å². The van der Waals surface area contributed by atoms with E-state index in [4.69, 9.17) is 9.47 Å². The van der Waals surface area contributed by atoms with E-state index >= 15 is 0 Å². The van der Waals surface area contributed by atoms with Crippen LogP contribution in [0.5, 0.6) is 11.5 Å². The number of hydrogen-bond acceptors (Lipinski definition) is 6. The zero-order valence-corrected chi connectivity index (χ0v) is 18.4. The predicted octanol–water partition coefficient (Wildman–Crippen LogP) is 4.05. The maximum absolute atomic E-state index is 12.8. The number of hydrogen-bond donors (Lipinski definition) is 0. The number of esters is 1. The SMILES string of the molecule is COc1cc(C=Nn2c(C)nc3ccc(Br)cc3c2=O)cc(Br)c1OC(C)=O. The zero-order valence-electron chi connectivity index (χ0n) is 15.2. The normalized spacial score (nSPS) is 11.2. The van der Waals surface area contributed by atoms with Crippen LogP contribution in [0.15, 0.2) is 49.2 Å². The van der Waals surface area contributed by atoms with Crippen LogP contribution in [0.4, 0.5) is 0 Å². The lowest BCUT2D eigenvalue weighted by molar-refractivity contribution is -0.132. The summed E-state index contributed by atoms with van der Waals surface area (Å²) in [6.45, 7) is 3.02. The largest absolute Gasteiger partial charge is 0.493 e. The van der Waals surface area contributed by atoms with Gasteiger partial charge in [-0.15, -0.1) is 0 Å². The molecule has 0 amide bonds. The molecule has 0 saturated heterocycles. The van der Waals surface area contributed by atoms with Crippen molar-refractivity contribution < 1.29 is 14.3 Å². The van der Waals surface area contributed by atoms with Crippen molar-refractivity contribution >= 4 is 54.9 Å². The van der Waals surface area contributed by atoms with Crippen LogP contribution in [0.25, 0.3) is 10.9 Å². The lowest BCUT2D eigenvalue weighted by Crippen LogP contribution is -2.20. The lowest BCUT2D eigenvalue weighted by atomic mass is 10.2. The van der Waals surface area contributed by atoms with Crippen LogP contribution in [0, 0.1) is 6.92 Å². The average Bonchev–Trinajstić information content (AvgIpc) is 2.64. The van der Waals surface area contributed by atoms with E-state index in [9.17, 15) is 9.59 Å². The number of aryl methyl sites for hydroxylation is 1. The number of rotatable bonds is 4. The van der Waals surface area contributed by atoms with Gasteiger partial charge in [-0.2, -0.15) is 9.78 Å². The van der Waals surface area contributed by atoms with Gasteiger partial charge in [-0.05, 0) is 58.7 Å². The van der Waals surface area contributed by atoms with Crippen molar-refractivity contribution in [1.29, 1.82) is 0 Å². The Kier molecular flexibility index (Phi) is 5.95. The molecule has 0 saturated carbocycles. The second-order valence-electron chi connectivity index (χ2n) is 5.81. The minimum Gasteiger partial charge on any atom is -0.493 e. The molecular weight excluding hydrogens is 494 g/mol. The number of nitrogens with zero attached hydrogens (tertiary/aromatic N) is 3. The smallest absolute Gasteiger partial charge is 0.308 e. The van der Waals surface area contributed by atoms with Crippen LogP contribution in [-0.4, -0.2) is 29.0 Å². The molecule has 0 spiro atoms. The summed E-state index contributed by atoms with van der Waals surface area (Å²) in [5.41, 5.74) is 0.968. The fourth-order valence-electron chi connectivity index (χ4n) is 2.58. The molecule has 0 bridgehead atoms. The van der Waals surface area contributed by atoms with Crippen LogP contribution >= 0.6 is 31.9 Å². The second-order valence-corrected chi connectivity index (χ2v) is 7.58. The third-order valence-corrected chi connectivity index (χ3v) is 4.87. The van der Waals surface area contributed by atoms with Crippen LogP contribution < -0.4 is 15.0 Å². The van der Waals surface area contributed by atoms with Crippen molar-refractivity contribution in [2.24, 2.45) is 5.10 Å². The van der Waals surface area contributed by atoms with Gasteiger partial charge in [0.2, 0.25) is 0 Å². The van der Waals surface area contributed by atoms with E-state index in [2.05, 4.69) is 41.9 Å². The summed E-state index contributed by atoms with van der Waals surface area (Å²) < 4.78 is 13.0. The maximum atomic E-state index is 12.8. The summed E-state index contributed by atoms with van der Waals surface area (Å²) in [7, 11) is 1.47. The van der Waals surface area contributed by atoms with Crippen molar-refractivity contribution in [2.75, 3.05) is 7.11 Å². The number of ether oxygens (including phenoxy) is 2. The summed E-state index contributed by atoms with van der Waals surface area (Å²) in [5, 5.41) is 4.74. The van der Waals surface area contributed by atoms with Gasteiger partial charge in [0.1, 0.15) is 5.82 Å². The van der Waals surface area contributed by atoms with Crippen LogP contribution in [0.3, 0.4) is 0 Å². The standard InChI is InChI=1S/C19H15Br2N3O4/c1-10-23-16-5-4-13(20)8-14(16)19(26)24(10)22-9-12-6-15(21)18(28-11(2)25)17(7-12)27-3/h4-9H,1-3H3. The Balaban J connectivity index is 2.06. The third kappa shape index (κ3) is 4.15. The van der Waals surface area contributed by atoms with E-state index < -0.39 is 5.97 Å². The van der Waals surface area contributed by atoms with Crippen LogP contribution in [0.1, 0.15) is 18.3 Å². The number of carbonyl (C=O) groups excluding carboxylic acids is 1. The predicted molar refractivity (Wildman–Crippen MR) is 113 cm³/mol. The maximum Gasteiger partial charge on any atom is 0.308 e. The Morgan fingerprint density at radius 3 is 2.68 bits per heavy atom. The Bertz CT molecular complexity index is 1170. The van der Waals surface area contributed by atoms with Crippen molar-refractivity contribution in [3.63, 3.8) is 0 Å². The molecule has 0 aliphatic heterocycles. The van der Waals surface area contributed by atoms with Crippen molar-refractivity contribution in [3.8, 4) is 11.5 Å². The van der Waals surface area contributed by atoms with E-state index in [0.717, 1.165) is 4.47 Å². The summed E-state index contributed by atoms with van der Waals surface area (Å²) in [5.74, 6) is 0.628. The molecule has 0 aliphatic carbocycles. The molecule has 0 atom stereocenters. The number of halogens is 2. The molecule has 3 rings (SSSR count). The molecule has 0 aliphatic rings. The van der Waals surface area contributed by atoms with Crippen LogP contribution in [0.2, 0.25) is 0 Å². The fraction of sp³-hybridized carbons (Fsp3) is 0.158. The minimum atomic E-state index is -0.462. The number of methoxy groups -OCH3 is 1. The molecule has 28 heavy (non-hydrogen) atoms. The first-order chi connectivity index (χ1) is 13.3. The highest BCUT2D eigenvalue weighted by molar-refractivity contribution is 9.10. The molecule has 7 nitrogen and oxygen atoms in total. The average molecular weight is 509 g/mol. The monoisotopic (exact) mass is 507 g/mol. The molecule has 0 unspecified atom stereocenters. The number of benzene rings is 2. The van der Waals surface area contributed by atoms with Gasteiger partial charge in [-0.1, -0.05) is 15.9 Å². The Morgan fingerprint density at radius 2 is 2.00 bits per heavy atom. The van der Waals surface area contributed by atoms with Gasteiger partial charge in [0.25, 0.3) is 5.56 Å². The molecule has 3 aromatic rings. The van der Waals surface area contributed by atoms with Crippen molar-refractivity contribution in [2.45, 2.75) is 13.8 Å². The summed E-state index contributed by atoms with van der Waals surface area (Å²) in [6, 6.07) is 8.67. The first kappa shape index (κ1) is 20.2. The number of fused-ring (bicyclic) bond motifs is 1. The quantitative estimate of drug-likeness (QED) is 0.301. The van der Waals surface area contributed by atoms with Crippen molar-refractivity contribution in [3.05, 3.63) is 61.0 Å². The zero-order chi connectivity index (χ0) is 20.4. The molecule has 2 aromatic carbocycles. The molecule has 9 heteroatoms.